The van der Waals surface area contributed by atoms with Gasteiger partial charge in [0.2, 0.25) is 11.7 Å². The summed E-state index contributed by atoms with van der Waals surface area (Å²) in [5.41, 5.74) is 5.52. The second-order valence-corrected chi connectivity index (χ2v) is 3.67. The molecule has 0 aliphatic heterocycles. The monoisotopic (exact) mass is 211 g/mol. The van der Waals surface area contributed by atoms with Gasteiger partial charge in [-0.05, 0) is 11.4 Å². The van der Waals surface area contributed by atoms with E-state index in [4.69, 9.17) is 15.4 Å². The Morgan fingerprint density at radius 3 is 3.14 bits per heavy atom. The van der Waals surface area contributed by atoms with Crippen molar-refractivity contribution in [2.24, 2.45) is 5.73 Å². The van der Waals surface area contributed by atoms with E-state index in [1.165, 1.54) is 11.3 Å². The summed E-state index contributed by atoms with van der Waals surface area (Å²) in [7, 11) is 0. The largest absolute Gasteiger partial charge is 0.394 e. The number of nitrogens with zero attached hydrogens (tertiary/aromatic N) is 2. The molecule has 0 unspecified atom stereocenters. The van der Waals surface area contributed by atoms with E-state index in [1.54, 1.807) is 0 Å². The molecular formula is C8H9N3O2S. The van der Waals surface area contributed by atoms with Gasteiger partial charge in [0.25, 0.3) is 0 Å². The summed E-state index contributed by atoms with van der Waals surface area (Å²) in [5, 5.41) is 14.5. The topological polar surface area (TPSA) is 85.2 Å². The lowest BCUT2D eigenvalue weighted by Gasteiger charge is -1.98. The van der Waals surface area contributed by atoms with E-state index in [9.17, 15) is 0 Å². The molecule has 0 fully saturated rings. The van der Waals surface area contributed by atoms with E-state index in [1.807, 2.05) is 17.5 Å². The molecule has 2 aromatic heterocycles. The molecule has 14 heavy (non-hydrogen) atoms. The molecule has 0 saturated heterocycles. The van der Waals surface area contributed by atoms with Gasteiger partial charge < -0.3 is 15.4 Å². The minimum Gasteiger partial charge on any atom is -0.394 e. The Morgan fingerprint density at radius 2 is 2.50 bits per heavy atom. The predicted molar refractivity (Wildman–Crippen MR) is 51.6 cm³/mol. The molecule has 1 atom stereocenters. The van der Waals surface area contributed by atoms with Crippen molar-refractivity contribution in [3.8, 4) is 10.7 Å². The lowest BCUT2D eigenvalue weighted by Crippen LogP contribution is -2.14. The second-order valence-electron chi connectivity index (χ2n) is 2.72. The van der Waals surface area contributed by atoms with Gasteiger partial charge in [-0.3, -0.25) is 0 Å². The molecule has 0 aliphatic rings. The van der Waals surface area contributed by atoms with Crippen molar-refractivity contribution >= 4 is 11.3 Å². The zero-order valence-corrected chi connectivity index (χ0v) is 8.07. The molecule has 0 radical (unpaired) electrons. The van der Waals surface area contributed by atoms with E-state index in [0.717, 1.165) is 4.88 Å². The Balaban J connectivity index is 2.26. The van der Waals surface area contributed by atoms with Gasteiger partial charge in [-0.2, -0.15) is 4.98 Å². The average molecular weight is 211 g/mol. The standard InChI is InChI=1S/C8H9N3O2S/c9-5(4-12)8-10-7(11-13-8)6-2-1-3-14-6/h1-3,5,12H,4,9H2/t5-/m1/s1. The summed E-state index contributed by atoms with van der Waals surface area (Å²) in [5.74, 6) is 0.773. The van der Waals surface area contributed by atoms with Gasteiger partial charge in [-0.25, -0.2) is 0 Å². The second kappa shape index (κ2) is 3.87. The van der Waals surface area contributed by atoms with E-state index >= 15 is 0 Å². The minimum atomic E-state index is -0.601. The van der Waals surface area contributed by atoms with Gasteiger partial charge >= 0.3 is 0 Å². The summed E-state index contributed by atoms with van der Waals surface area (Å²) < 4.78 is 4.90. The Hall–Kier alpha value is -1.24. The number of nitrogens with two attached hydrogens (primary N) is 1. The maximum atomic E-state index is 8.78. The number of hydrogen-bond acceptors (Lipinski definition) is 6. The normalized spacial score (nSPS) is 13.0. The van der Waals surface area contributed by atoms with Gasteiger partial charge in [0.15, 0.2) is 0 Å². The van der Waals surface area contributed by atoms with Crippen molar-refractivity contribution in [3.63, 3.8) is 0 Å². The van der Waals surface area contributed by atoms with Crippen molar-refractivity contribution in [2.75, 3.05) is 6.61 Å². The molecule has 2 rings (SSSR count). The first-order valence-electron chi connectivity index (χ1n) is 4.05. The molecular weight excluding hydrogens is 202 g/mol. The Kier molecular flexibility index (Phi) is 2.58. The molecule has 2 aromatic rings. The van der Waals surface area contributed by atoms with Crippen molar-refractivity contribution in [3.05, 3.63) is 23.4 Å². The van der Waals surface area contributed by atoms with Crippen LogP contribution in [0.5, 0.6) is 0 Å². The smallest absolute Gasteiger partial charge is 0.246 e. The van der Waals surface area contributed by atoms with E-state index < -0.39 is 6.04 Å². The minimum absolute atomic E-state index is 0.202. The molecule has 3 N–H and O–H groups in total. The van der Waals surface area contributed by atoms with Crippen molar-refractivity contribution in [1.29, 1.82) is 0 Å². The number of aliphatic hydroxyl groups is 1. The predicted octanol–water partition coefficient (Wildman–Crippen LogP) is 0.790. The number of aromatic nitrogens is 2. The zero-order valence-electron chi connectivity index (χ0n) is 7.25. The summed E-state index contributed by atoms with van der Waals surface area (Å²) in [6, 6.07) is 3.20. The van der Waals surface area contributed by atoms with Crippen LogP contribution in [0.4, 0.5) is 0 Å². The molecule has 0 bridgehead atoms. The number of rotatable bonds is 3. The third kappa shape index (κ3) is 1.67. The lowest BCUT2D eigenvalue weighted by atomic mass is 10.3. The maximum Gasteiger partial charge on any atom is 0.246 e. The fourth-order valence-corrected chi connectivity index (χ4v) is 1.62. The first-order valence-corrected chi connectivity index (χ1v) is 4.93. The van der Waals surface area contributed by atoms with Crippen LogP contribution >= 0.6 is 11.3 Å². The van der Waals surface area contributed by atoms with Crippen LogP contribution in [0, 0.1) is 0 Å². The van der Waals surface area contributed by atoms with Crippen LogP contribution in [0.3, 0.4) is 0 Å². The average Bonchev–Trinajstić information content (AvgIpc) is 2.86. The van der Waals surface area contributed by atoms with Crippen LogP contribution < -0.4 is 5.73 Å². The molecule has 0 saturated carbocycles. The molecule has 0 aromatic carbocycles. The number of hydrogen-bond donors (Lipinski definition) is 2. The van der Waals surface area contributed by atoms with E-state index in [2.05, 4.69) is 10.1 Å². The zero-order chi connectivity index (χ0) is 9.97. The fourth-order valence-electron chi connectivity index (χ4n) is 0.970. The van der Waals surface area contributed by atoms with Crippen LogP contribution in [-0.4, -0.2) is 21.9 Å². The van der Waals surface area contributed by atoms with Gasteiger partial charge in [0.1, 0.15) is 6.04 Å². The van der Waals surface area contributed by atoms with Crippen LogP contribution in [0.15, 0.2) is 22.0 Å². The van der Waals surface area contributed by atoms with Gasteiger partial charge in [-0.1, -0.05) is 11.2 Å². The van der Waals surface area contributed by atoms with Crippen molar-refractivity contribution < 1.29 is 9.63 Å². The van der Waals surface area contributed by atoms with Crippen LogP contribution in [0.25, 0.3) is 10.7 Å². The van der Waals surface area contributed by atoms with Crippen molar-refractivity contribution in [1.82, 2.24) is 10.1 Å². The van der Waals surface area contributed by atoms with Gasteiger partial charge in [0.05, 0.1) is 11.5 Å². The number of aliphatic hydroxyl groups excluding tert-OH is 1. The fraction of sp³-hybridized carbons (Fsp3) is 0.250. The molecule has 5 nitrogen and oxygen atoms in total. The summed E-state index contributed by atoms with van der Waals surface area (Å²) >= 11 is 1.52. The molecule has 74 valence electrons. The van der Waals surface area contributed by atoms with Gasteiger partial charge in [-0.15, -0.1) is 11.3 Å². The molecule has 0 amide bonds. The lowest BCUT2D eigenvalue weighted by molar-refractivity contribution is 0.237. The Bertz CT molecular complexity index is 398. The van der Waals surface area contributed by atoms with Crippen LogP contribution in [-0.2, 0) is 0 Å². The Labute approximate surface area is 84.2 Å². The van der Waals surface area contributed by atoms with Crippen LogP contribution in [0.1, 0.15) is 11.9 Å². The third-order valence-corrected chi connectivity index (χ3v) is 2.56. The van der Waals surface area contributed by atoms with Gasteiger partial charge in [0, 0.05) is 0 Å². The SMILES string of the molecule is N[C@H](CO)c1nc(-c2cccs2)no1. The molecule has 0 spiro atoms. The maximum absolute atomic E-state index is 8.78. The highest BCUT2D eigenvalue weighted by Gasteiger charge is 2.14. The summed E-state index contributed by atoms with van der Waals surface area (Å²) in [4.78, 5) is 4.99. The van der Waals surface area contributed by atoms with E-state index in [0.29, 0.717) is 5.82 Å². The first kappa shape index (κ1) is 9.32. The molecule has 6 heteroatoms. The quantitative estimate of drug-likeness (QED) is 0.784. The third-order valence-electron chi connectivity index (χ3n) is 1.70. The Morgan fingerprint density at radius 1 is 1.64 bits per heavy atom. The van der Waals surface area contributed by atoms with Crippen molar-refractivity contribution in [2.45, 2.75) is 6.04 Å². The highest BCUT2D eigenvalue weighted by molar-refractivity contribution is 7.13. The van der Waals surface area contributed by atoms with E-state index in [-0.39, 0.29) is 12.5 Å². The highest BCUT2D eigenvalue weighted by atomic mass is 32.1. The molecule has 2 heterocycles. The summed E-state index contributed by atoms with van der Waals surface area (Å²) in [6.07, 6.45) is 0. The highest BCUT2D eigenvalue weighted by Crippen LogP contribution is 2.22. The first-order chi connectivity index (χ1) is 6.81. The number of thiophene rings is 1. The molecule has 0 aliphatic carbocycles. The summed E-state index contributed by atoms with van der Waals surface area (Å²) in [6.45, 7) is -0.202. The van der Waals surface area contributed by atoms with Crippen LogP contribution in [0.2, 0.25) is 0 Å².